The predicted octanol–water partition coefficient (Wildman–Crippen LogP) is 2.46. The number of ether oxygens (including phenoxy) is 2. The Morgan fingerprint density at radius 1 is 1.06 bits per heavy atom. The van der Waals surface area contributed by atoms with Crippen molar-refractivity contribution >= 4 is 34.4 Å². The molecule has 1 rings (SSSR count). The van der Waals surface area contributed by atoms with Gasteiger partial charge < -0.3 is 14.1 Å². The molecule has 0 aromatic heterocycles. The minimum absolute atomic E-state index is 0. The Hall–Kier alpha value is -0.859. The molecule has 0 unspecified atom stereocenters. The van der Waals surface area contributed by atoms with Crippen molar-refractivity contribution in [3.8, 4) is 0 Å². The third-order valence-corrected chi connectivity index (χ3v) is 9.01. The second-order valence-corrected chi connectivity index (χ2v) is 20.0. The average Bonchev–Trinajstić information content (AvgIpc) is 2.46. The fraction of sp³-hybridized carbons (Fsp3) is 0.762. The molecule has 0 saturated heterocycles. The number of carbonyl (C=O) groups is 3. The maximum absolute atomic E-state index is 12.4. The molecule has 0 radical (unpaired) electrons. The van der Waals surface area contributed by atoms with Crippen molar-refractivity contribution in [2.24, 2.45) is 0 Å². The molecular formula is C21H41LiN2O5Si2. The van der Waals surface area contributed by atoms with Gasteiger partial charge in [0.05, 0.1) is 13.0 Å². The van der Waals surface area contributed by atoms with Gasteiger partial charge in [0, 0.05) is 12.1 Å². The van der Waals surface area contributed by atoms with E-state index in [2.05, 4.69) is 39.3 Å². The molecule has 1 aliphatic rings. The van der Waals surface area contributed by atoms with Gasteiger partial charge in [0.2, 0.25) is 0 Å². The first-order chi connectivity index (χ1) is 13.4. The first-order valence-corrected chi connectivity index (χ1v) is 17.4. The molecule has 10 heteroatoms. The molecule has 0 fully saturated rings. The number of esters is 1. The summed E-state index contributed by atoms with van der Waals surface area (Å²) >= 11 is 0. The van der Waals surface area contributed by atoms with Crippen molar-refractivity contribution in [3.05, 3.63) is 15.8 Å². The third-order valence-electron chi connectivity index (χ3n) is 3.64. The SMILES string of the molecule is CCOC(=O)CC1=C(C)CCN(C(=O)OC(C)(C)C)C1=O.C[Si](C)(C)[N-][Si](C)(C)C.[Li+]. The number of imide groups is 1. The summed E-state index contributed by atoms with van der Waals surface area (Å²) in [5.74, 6) is -0.938. The molecule has 174 valence electrons. The van der Waals surface area contributed by atoms with E-state index in [0.717, 1.165) is 10.5 Å². The van der Waals surface area contributed by atoms with Crippen LogP contribution in [-0.4, -0.2) is 58.1 Å². The zero-order chi connectivity index (χ0) is 23.9. The Morgan fingerprint density at radius 2 is 1.55 bits per heavy atom. The van der Waals surface area contributed by atoms with Crippen LogP contribution in [0.2, 0.25) is 39.3 Å². The quantitative estimate of drug-likeness (QED) is 0.461. The van der Waals surface area contributed by atoms with Crippen LogP contribution in [0.4, 0.5) is 4.79 Å². The summed E-state index contributed by atoms with van der Waals surface area (Å²) in [6.45, 7) is 23.0. The standard InChI is InChI=1S/C15H23NO5.C6H18NSi2.Li/c1-6-20-12(17)9-11-10(2)7-8-16(13(11)18)14(19)21-15(3,4)5;1-8(2,3)7-9(4,5)6;/h6-9H2,1-5H3;1-6H3;/q;-1;+1. The minimum atomic E-state index is -1.11. The summed E-state index contributed by atoms with van der Waals surface area (Å²) in [7, 11) is -2.21. The van der Waals surface area contributed by atoms with Gasteiger partial charge in [0.1, 0.15) is 5.60 Å². The first kappa shape index (κ1) is 32.3. The van der Waals surface area contributed by atoms with E-state index in [-0.39, 0.29) is 38.4 Å². The van der Waals surface area contributed by atoms with Gasteiger partial charge in [-0.25, -0.2) is 9.69 Å². The van der Waals surface area contributed by atoms with E-state index in [9.17, 15) is 14.4 Å². The number of rotatable bonds is 5. The smallest absolute Gasteiger partial charge is 0.668 e. The molecule has 0 saturated carbocycles. The van der Waals surface area contributed by atoms with Crippen molar-refractivity contribution in [1.29, 1.82) is 0 Å². The average molecular weight is 465 g/mol. The zero-order valence-electron chi connectivity index (χ0n) is 21.8. The summed E-state index contributed by atoms with van der Waals surface area (Å²) in [6.07, 6.45) is -0.251. The van der Waals surface area contributed by atoms with Crippen LogP contribution in [0.25, 0.3) is 4.65 Å². The van der Waals surface area contributed by atoms with Crippen LogP contribution in [0.3, 0.4) is 0 Å². The van der Waals surface area contributed by atoms with Crippen molar-refractivity contribution in [1.82, 2.24) is 4.90 Å². The summed E-state index contributed by atoms with van der Waals surface area (Å²) in [6, 6.07) is 0. The Morgan fingerprint density at radius 3 is 1.90 bits per heavy atom. The van der Waals surface area contributed by atoms with Crippen LogP contribution in [-0.2, 0) is 19.1 Å². The van der Waals surface area contributed by atoms with Gasteiger partial charge in [-0.3, -0.25) is 9.59 Å². The number of amides is 2. The minimum Gasteiger partial charge on any atom is -0.668 e. The fourth-order valence-electron chi connectivity index (χ4n) is 2.96. The molecule has 0 N–H and O–H groups in total. The number of hydrogen-bond acceptors (Lipinski definition) is 5. The molecule has 0 spiro atoms. The van der Waals surface area contributed by atoms with E-state index in [1.807, 2.05) is 0 Å². The largest absolute Gasteiger partial charge is 1.00 e. The van der Waals surface area contributed by atoms with Crippen molar-refractivity contribution in [3.63, 3.8) is 0 Å². The maximum Gasteiger partial charge on any atom is 1.00 e. The molecule has 0 bridgehead atoms. The number of nitrogens with zero attached hydrogens (tertiary/aromatic N) is 2. The van der Waals surface area contributed by atoms with Crippen LogP contribution >= 0.6 is 0 Å². The van der Waals surface area contributed by atoms with Gasteiger partial charge in [-0.1, -0.05) is 61.3 Å². The Balaban J connectivity index is 0. The fourth-order valence-corrected chi connectivity index (χ4v) is 11.0. The van der Waals surface area contributed by atoms with Crippen LogP contribution < -0.4 is 18.9 Å². The Labute approximate surface area is 203 Å². The molecule has 31 heavy (non-hydrogen) atoms. The number of hydrogen-bond donors (Lipinski definition) is 0. The molecular weight excluding hydrogens is 423 g/mol. The van der Waals surface area contributed by atoms with E-state index in [1.54, 1.807) is 34.6 Å². The summed E-state index contributed by atoms with van der Waals surface area (Å²) < 4.78 is 14.9. The predicted molar refractivity (Wildman–Crippen MR) is 127 cm³/mol. The second kappa shape index (κ2) is 13.0. The molecule has 0 aromatic rings. The number of carbonyl (C=O) groups excluding carboxylic acids is 3. The summed E-state index contributed by atoms with van der Waals surface area (Å²) in [5.41, 5.74) is 0.466. The van der Waals surface area contributed by atoms with Gasteiger partial charge >= 0.3 is 30.9 Å². The van der Waals surface area contributed by atoms with Gasteiger partial charge in [0.15, 0.2) is 0 Å². The van der Waals surface area contributed by atoms with Crippen LogP contribution in [0.15, 0.2) is 11.1 Å². The van der Waals surface area contributed by atoms with Gasteiger partial charge in [-0.2, -0.15) is 0 Å². The normalized spacial score (nSPS) is 14.9. The van der Waals surface area contributed by atoms with E-state index >= 15 is 0 Å². The topological polar surface area (TPSA) is 87.0 Å². The molecule has 0 aliphatic carbocycles. The molecule has 0 atom stereocenters. The van der Waals surface area contributed by atoms with E-state index < -0.39 is 40.0 Å². The Kier molecular flexibility index (Phi) is 13.5. The molecule has 0 aromatic carbocycles. The van der Waals surface area contributed by atoms with E-state index in [4.69, 9.17) is 14.1 Å². The van der Waals surface area contributed by atoms with Gasteiger partial charge in [0.25, 0.3) is 5.91 Å². The van der Waals surface area contributed by atoms with E-state index in [0.29, 0.717) is 12.0 Å². The zero-order valence-corrected chi connectivity index (χ0v) is 23.8. The molecule has 7 nitrogen and oxygen atoms in total. The monoisotopic (exact) mass is 464 g/mol. The van der Waals surface area contributed by atoms with Crippen LogP contribution in [0.5, 0.6) is 0 Å². The third kappa shape index (κ3) is 14.8. The Bertz CT molecular complexity index is 650. The van der Waals surface area contributed by atoms with Gasteiger partial charge in [-0.05, 0) is 41.0 Å². The van der Waals surface area contributed by atoms with Crippen molar-refractivity contribution in [2.75, 3.05) is 13.2 Å². The molecule has 1 heterocycles. The van der Waals surface area contributed by atoms with Crippen LogP contribution in [0.1, 0.15) is 47.5 Å². The van der Waals surface area contributed by atoms with E-state index in [1.165, 1.54) is 0 Å². The molecule has 1 aliphatic heterocycles. The molecule has 2 amide bonds. The maximum atomic E-state index is 12.4. The van der Waals surface area contributed by atoms with Crippen molar-refractivity contribution < 1.29 is 42.7 Å². The summed E-state index contributed by atoms with van der Waals surface area (Å²) in [4.78, 5) is 37.0. The van der Waals surface area contributed by atoms with Gasteiger partial charge in [-0.15, -0.1) is 0 Å². The van der Waals surface area contributed by atoms with Crippen LogP contribution in [0, 0.1) is 0 Å². The van der Waals surface area contributed by atoms with Crippen molar-refractivity contribution in [2.45, 2.75) is 92.3 Å². The summed E-state index contributed by atoms with van der Waals surface area (Å²) in [5, 5.41) is 0. The first-order valence-electron chi connectivity index (χ1n) is 10.5. The second-order valence-electron chi connectivity index (χ2n) is 10.4.